The van der Waals surface area contributed by atoms with Gasteiger partial charge in [0.15, 0.2) is 5.69 Å². The second-order valence-electron chi connectivity index (χ2n) is 3.57. The van der Waals surface area contributed by atoms with Crippen LogP contribution in [0.1, 0.15) is 6.92 Å². The van der Waals surface area contributed by atoms with Crippen molar-refractivity contribution in [3.05, 3.63) is 32.2 Å². The van der Waals surface area contributed by atoms with Crippen LogP contribution < -0.4 is 10.0 Å². The number of halogens is 3. The molecular weight excluding hydrogens is 332 g/mol. The van der Waals surface area contributed by atoms with Crippen LogP contribution in [0.3, 0.4) is 0 Å². The minimum atomic E-state index is -2.93. The molecule has 0 saturated heterocycles. The molecule has 19 heavy (non-hydrogen) atoms. The van der Waals surface area contributed by atoms with E-state index in [9.17, 15) is 24.1 Å². The predicted molar refractivity (Wildman–Crippen MR) is 64.8 cm³/mol. The molecule has 0 saturated carbocycles. The van der Waals surface area contributed by atoms with Gasteiger partial charge in [0.25, 0.3) is 4.60 Å². The SMILES string of the molecule is C[C@H](CNc1c[n+]([O-])c(Br)cc1[N+](=O)[O-])OC(F)F. The van der Waals surface area contributed by atoms with E-state index in [0.717, 1.165) is 12.3 Å². The Morgan fingerprint density at radius 2 is 2.26 bits per heavy atom. The quantitative estimate of drug-likeness (QED) is 0.281. The molecule has 1 aromatic rings. The molecule has 1 rings (SSSR count). The molecule has 1 N–H and O–H groups in total. The van der Waals surface area contributed by atoms with Gasteiger partial charge < -0.3 is 15.3 Å². The number of alkyl halides is 2. The van der Waals surface area contributed by atoms with Crippen LogP contribution in [0.2, 0.25) is 0 Å². The third-order valence-electron chi connectivity index (χ3n) is 2.10. The number of rotatable bonds is 6. The van der Waals surface area contributed by atoms with Gasteiger partial charge in [0.2, 0.25) is 6.20 Å². The second-order valence-corrected chi connectivity index (χ2v) is 4.38. The summed E-state index contributed by atoms with van der Waals surface area (Å²) in [6.45, 7) is -1.66. The molecule has 10 heteroatoms. The lowest BCUT2D eigenvalue weighted by molar-refractivity contribution is -0.617. The third-order valence-corrected chi connectivity index (χ3v) is 2.68. The summed E-state index contributed by atoms with van der Waals surface area (Å²) in [4.78, 5) is 10.1. The first-order valence-electron chi connectivity index (χ1n) is 5.06. The molecule has 0 fully saturated rings. The van der Waals surface area contributed by atoms with Crippen molar-refractivity contribution in [3.8, 4) is 0 Å². The van der Waals surface area contributed by atoms with Crippen molar-refractivity contribution in [1.82, 2.24) is 0 Å². The van der Waals surface area contributed by atoms with E-state index < -0.39 is 17.6 Å². The van der Waals surface area contributed by atoms with Gasteiger partial charge in [-0.1, -0.05) is 0 Å². The number of anilines is 1. The van der Waals surface area contributed by atoms with Crippen LogP contribution in [0.15, 0.2) is 16.9 Å². The monoisotopic (exact) mass is 341 g/mol. The summed E-state index contributed by atoms with van der Waals surface area (Å²) in [6, 6.07) is 1.02. The number of pyridine rings is 1. The standard InChI is InChI=1S/C9H10BrF2N3O4/c1-5(19-9(11)12)3-13-6-4-14(16)8(10)2-7(6)15(17)18/h2,4-5,9,13H,3H2,1H3/t5-/m1/s1. The number of nitrogens with zero attached hydrogens (tertiary/aromatic N) is 2. The van der Waals surface area contributed by atoms with Gasteiger partial charge in [-0.15, -0.1) is 0 Å². The van der Waals surface area contributed by atoms with Gasteiger partial charge in [0.1, 0.15) is 0 Å². The maximum absolute atomic E-state index is 11.9. The molecule has 1 atom stereocenters. The van der Waals surface area contributed by atoms with Crippen LogP contribution in [0.4, 0.5) is 20.2 Å². The van der Waals surface area contributed by atoms with Crippen LogP contribution in [0.5, 0.6) is 0 Å². The number of aromatic nitrogens is 1. The highest BCUT2D eigenvalue weighted by Gasteiger charge is 2.21. The van der Waals surface area contributed by atoms with Crippen molar-refractivity contribution in [2.24, 2.45) is 0 Å². The van der Waals surface area contributed by atoms with Crippen LogP contribution in [-0.2, 0) is 4.74 Å². The van der Waals surface area contributed by atoms with Gasteiger partial charge in [-0.05, 0) is 6.92 Å². The predicted octanol–water partition coefficient (Wildman–Crippen LogP) is 2.03. The van der Waals surface area contributed by atoms with E-state index >= 15 is 0 Å². The highest BCUT2D eigenvalue weighted by molar-refractivity contribution is 9.10. The molecular formula is C9H10BrF2N3O4. The van der Waals surface area contributed by atoms with Crippen LogP contribution in [0, 0.1) is 15.3 Å². The second kappa shape index (κ2) is 6.57. The van der Waals surface area contributed by atoms with Gasteiger partial charge in [0, 0.05) is 22.5 Å². The van der Waals surface area contributed by atoms with Gasteiger partial charge in [0.05, 0.1) is 17.1 Å². The fraction of sp³-hybridized carbons (Fsp3) is 0.444. The van der Waals surface area contributed by atoms with E-state index in [1.165, 1.54) is 6.92 Å². The lowest BCUT2D eigenvalue weighted by Crippen LogP contribution is -2.29. The zero-order valence-corrected chi connectivity index (χ0v) is 11.3. The van der Waals surface area contributed by atoms with E-state index in [0.29, 0.717) is 4.73 Å². The van der Waals surface area contributed by atoms with Crippen LogP contribution in [0.25, 0.3) is 0 Å². The molecule has 1 heterocycles. The molecule has 0 unspecified atom stereocenters. The fourth-order valence-corrected chi connectivity index (χ4v) is 1.58. The lowest BCUT2D eigenvalue weighted by atomic mass is 10.3. The number of hydrogen-bond donors (Lipinski definition) is 1. The largest absolute Gasteiger partial charge is 0.618 e. The molecule has 0 bridgehead atoms. The molecule has 0 aliphatic carbocycles. The zero-order chi connectivity index (χ0) is 14.6. The van der Waals surface area contributed by atoms with E-state index in [4.69, 9.17) is 0 Å². The van der Waals surface area contributed by atoms with Gasteiger partial charge in [-0.3, -0.25) is 10.1 Å². The molecule has 0 amide bonds. The van der Waals surface area contributed by atoms with E-state index in [1.807, 2.05) is 0 Å². The number of nitro groups is 1. The summed E-state index contributed by atoms with van der Waals surface area (Å²) < 4.78 is 28.3. The summed E-state index contributed by atoms with van der Waals surface area (Å²) in [5.74, 6) is 0. The maximum Gasteiger partial charge on any atom is 0.345 e. The molecule has 0 aliphatic heterocycles. The summed E-state index contributed by atoms with van der Waals surface area (Å²) in [6.07, 6.45) is 0.0699. The van der Waals surface area contributed by atoms with Crippen molar-refractivity contribution in [2.75, 3.05) is 11.9 Å². The zero-order valence-electron chi connectivity index (χ0n) is 9.68. The highest BCUT2D eigenvalue weighted by Crippen LogP contribution is 2.25. The van der Waals surface area contributed by atoms with E-state index in [-0.39, 0.29) is 22.5 Å². The first-order chi connectivity index (χ1) is 8.81. The summed E-state index contributed by atoms with van der Waals surface area (Å²) >= 11 is 2.86. The van der Waals surface area contributed by atoms with E-state index in [1.54, 1.807) is 0 Å². The van der Waals surface area contributed by atoms with Gasteiger partial charge in [-0.2, -0.15) is 13.5 Å². The lowest BCUT2D eigenvalue weighted by Gasteiger charge is -2.13. The first-order valence-corrected chi connectivity index (χ1v) is 5.85. The minimum absolute atomic E-state index is 0.0263. The number of hydrogen-bond acceptors (Lipinski definition) is 5. The minimum Gasteiger partial charge on any atom is -0.618 e. The molecule has 0 radical (unpaired) electrons. The number of nitrogens with one attached hydrogen (secondary N) is 1. The Morgan fingerprint density at radius 1 is 1.63 bits per heavy atom. The van der Waals surface area contributed by atoms with Crippen LogP contribution >= 0.6 is 15.9 Å². The Hall–Kier alpha value is -1.55. The Balaban J connectivity index is 2.82. The molecule has 0 aromatic carbocycles. The van der Waals surface area contributed by atoms with Crippen molar-refractivity contribution < 1.29 is 23.2 Å². The Labute approximate surface area is 115 Å². The Kier molecular flexibility index (Phi) is 5.36. The van der Waals surface area contributed by atoms with Crippen molar-refractivity contribution >= 4 is 27.3 Å². The molecule has 0 aliphatic rings. The third kappa shape index (κ3) is 4.56. The highest BCUT2D eigenvalue weighted by atomic mass is 79.9. The fourth-order valence-electron chi connectivity index (χ4n) is 1.26. The Morgan fingerprint density at radius 3 is 2.79 bits per heavy atom. The van der Waals surface area contributed by atoms with Crippen molar-refractivity contribution in [2.45, 2.75) is 19.6 Å². The number of ether oxygens (including phenoxy) is 1. The van der Waals surface area contributed by atoms with Crippen molar-refractivity contribution in [1.29, 1.82) is 0 Å². The molecule has 106 valence electrons. The topological polar surface area (TPSA) is 91.3 Å². The Bertz CT molecular complexity index is 475. The summed E-state index contributed by atoms with van der Waals surface area (Å²) in [5.41, 5.74) is -0.420. The average molecular weight is 342 g/mol. The van der Waals surface area contributed by atoms with Crippen molar-refractivity contribution in [3.63, 3.8) is 0 Å². The average Bonchev–Trinajstić information content (AvgIpc) is 2.29. The molecule has 1 aromatic heterocycles. The first kappa shape index (κ1) is 15.5. The smallest absolute Gasteiger partial charge is 0.345 e. The molecule has 0 spiro atoms. The van der Waals surface area contributed by atoms with E-state index in [2.05, 4.69) is 26.0 Å². The van der Waals surface area contributed by atoms with Crippen LogP contribution in [-0.4, -0.2) is 24.2 Å². The van der Waals surface area contributed by atoms with Gasteiger partial charge in [-0.25, -0.2) is 0 Å². The normalized spacial score (nSPS) is 12.5. The summed E-state index contributed by atoms with van der Waals surface area (Å²) in [7, 11) is 0. The maximum atomic E-state index is 11.9. The van der Waals surface area contributed by atoms with Gasteiger partial charge >= 0.3 is 12.3 Å². The summed E-state index contributed by atoms with van der Waals surface area (Å²) in [5, 5.41) is 24.6. The molecule has 7 nitrogen and oxygen atoms in total.